The third kappa shape index (κ3) is 3.87. The third-order valence-electron chi connectivity index (χ3n) is 7.84. The lowest BCUT2D eigenvalue weighted by atomic mass is 9.92. The Bertz CT molecular complexity index is 1050. The first-order valence-electron chi connectivity index (χ1n) is 12.1. The van der Waals surface area contributed by atoms with E-state index in [0.717, 1.165) is 62.7 Å². The van der Waals surface area contributed by atoms with E-state index in [1.807, 2.05) is 12.1 Å². The van der Waals surface area contributed by atoms with Crippen LogP contribution in [0.5, 0.6) is 0 Å². The molecule has 6 rings (SSSR count). The van der Waals surface area contributed by atoms with Gasteiger partial charge < -0.3 is 15.5 Å². The van der Waals surface area contributed by atoms with Crippen molar-refractivity contribution >= 4 is 17.6 Å². The highest BCUT2D eigenvalue weighted by molar-refractivity contribution is 5.94. The van der Waals surface area contributed by atoms with Gasteiger partial charge in [0, 0.05) is 30.4 Å². The second-order valence-electron chi connectivity index (χ2n) is 10.2. The van der Waals surface area contributed by atoms with Crippen LogP contribution in [0, 0.1) is 5.82 Å². The maximum atomic E-state index is 13.3. The smallest absolute Gasteiger partial charge is 0.253 e. The second kappa shape index (κ2) is 7.82. The number of hydrogen-bond acceptors (Lipinski definition) is 4. The SMILES string of the molecule is O=C(NC1CC1)c1ccc(N2C3CCC2CC(NC(=O)C2(c4ccc(F)cc4)CC2)C3)nc1. The van der Waals surface area contributed by atoms with Gasteiger partial charge in [0.05, 0.1) is 11.0 Å². The number of amides is 2. The summed E-state index contributed by atoms with van der Waals surface area (Å²) in [5.41, 5.74) is 1.04. The van der Waals surface area contributed by atoms with Crippen molar-refractivity contribution in [1.29, 1.82) is 0 Å². The van der Waals surface area contributed by atoms with E-state index in [1.165, 1.54) is 12.1 Å². The Balaban J connectivity index is 1.10. The van der Waals surface area contributed by atoms with E-state index in [1.54, 1.807) is 18.3 Å². The average Bonchev–Trinajstić information content (AvgIpc) is 3.73. The number of pyridine rings is 1. The summed E-state index contributed by atoms with van der Waals surface area (Å²) in [6.07, 6.45) is 9.42. The minimum atomic E-state index is -0.484. The van der Waals surface area contributed by atoms with Crippen molar-refractivity contribution in [1.82, 2.24) is 15.6 Å². The summed E-state index contributed by atoms with van der Waals surface area (Å²) in [6.45, 7) is 0. The molecule has 2 aliphatic heterocycles. The maximum Gasteiger partial charge on any atom is 0.253 e. The second-order valence-corrected chi connectivity index (χ2v) is 10.2. The van der Waals surface area contributed by atoms with Crippen LogP contribution in [-0.2, 0) is 10.2 Å². The van der Waals surface area contributed by atoms with Gasteiger partial charge >= 0.3 is 0 Å². The van der Waals surface area contributed by atoms with Crippen LogP contribution >= 0.6 is 0 Å². The Kier molecular flexibility index (Phi) is 4.89. The van der Waals surface area contributed by atoms with E-state index in [2.05, 4.69) is 20.5 Å². The molecule has 2 unspecified atom stereocenters. The molecule has 2 aliphatic carbocycles. The number of benzene rings is 1. The van der Waals surface area contributed by atoms with Gasteiger partial charge in [-0.2, -0.15) is 0 Å². The maximum absolute atomic E-state index is 13.3. The highest BCUT2D eigenvalue weighted by Crippen LogP contribution is 2.49. The third-order valence-corrected chi connectivity index (χ3v) is 7.84. The molecule has 0 spiro atoms. The van der Waals surface area contributed by atoms with Crippen molar-refractivity contribution in [3.8, 4) is 0 Å². The molecule has 4 fully saturated rings. The van der Waals surface area contributed by atoms with E-state index in [4.69, 9.17) is 0 Å². The molecular weight excluding hydrogens is 419 g/mol. The summed E-state index contributed by atoms with van der Waals surface area (Å²) in [5.74, 6) is 0.677. The van der Waals surface area contributed by atoms with E-state index < -0.39 is 5.41 Å². The molecule has 2 saturated heterocycles. The number of nitrogens with one attached hydrogen (secondary N) is 2. The molecule has 6 nitrogen and oxygen atoms in total. The number of carbonyl (C=O) groups is 2. The molecule has 172 valence electrons. The number of hydrogen-bond donors (Lipinski definition) is 2. The fourth-order valence-electron chi connectivity index (χ4n) is 5.70. The van der Waals surface area contributed by atoms with Crippen LogP contribution in [0.4, 0.5) is 10.2 Å². The Morgan fingerprint density at radius 3 is 2.18 bits per heavy atom. The van der Waals surface area contributed by atoms with Gasteiger partial charge in [-0.1, -0.05) is 12.1 Å². The fraction of sp³-hybridized carbons (Fsp3) is 0.500. The number of fused-ring (bicyclic) bond motifs is 2. The van der Waals surface area contributed by atoms with E-state index in [0.29, 0.717) is 23.7 Å². The summed E-state index contributed by atoms with van der Waals surface area (Å²) in [4.78, 5) is 32.4. The molecule has 2 bridgehead atoms. The lowest BCUT2D eigenvalue weighted by molar-refractivity contribution is -0.124. The van der Waals surface area contributed by atoms with Gasteiger partial charge in [0.1, 0.15) is 11.6 Å². The number of carbonyl (C=O) groups excluding carboxylic acids is 2. The number of aromatic nitrogens is 1. The highest BCUT2D eigenvalue weighted by Gasteiger charge is 2.52. The zero-order chi connectivity index (χ0) is 22.6. The highest BCUT2D eigenvalue weighted by atomic mass is 19.1. The van der Waals surface area contributed by atoms with Crippen molar-refractivity contribution in [2.24, 2.45) is 0 Å². The van der Waals surface area contributed by atoms with Crippen LogP contribution in [0.3, 0.4) is 0 Å². The predicted molar refractivity (Wildman–Crippen MR) is 122 cm³/mol. The number of halogens is 1. The van der Waals surface area contributed by atoms with E-state index in [-0.39, 0.29) is 23.7 Å². The minimum Gasteiger partial charge on any atom is -0.352 e. The normalized spacial score (nSPS) is 27.2. The van der Waals surface area contributed by atoms with Crippen molar-refractivity contribution in [2.45, 2.75) is 80.9 Å². The Morgan fingerprint density at radius 1 is 0.909 bits per heavy atom. The van der Waals surface area contributed by atoms with Crippen LogP contribution in [0.25, 0.3) is 0 Å². The van der Waals surface area contributed by atoms with Gasteiger partial charge in [0.15, 0.2) is 0 Å². The molecule has 1 aromatic heterocycles. The van der Waals surface area contributed by atoms with Gasteiger partial charge in [-0.3, -0.25) is 9.59 Å². The molecule has 4 aliphatic rings. The first kappa shape index (κ1) is 20.6. The fourth-order valence-corrected chi connectivity index (χ4v) is 5.70. The summed E-state index contributed by atoms with van der Waals surface area (Å²) in [5, 5.41) is 6.33. The van der Waals surface area contributed by atoms with Gasteiger partial charge in [0.2, 0.25) is 5.91 Å². The Morgan fingerprint density at radius 2 is 1.61 bits per heavy atom. The van der Waals surface area contributed by atoms with E-state index in [9.17, 15) is 14.0 Å². The molecule has 2 saturated carbocycles. The van der Waals surface area contributed by atoms with Crippen LogP contribution in [0.15, 0.2) is 42.6 Å². The Hall–Kier alpha value is -2.96. The lowest BCUT2D eigenvalue weighted by Gasteiger charge is -2.40. The van der Waals surface area contributed by atoms with Crippen LogP contribution < -0.4 is 15.5 Å². The van der Waals surface area contributed by atoms with Gasteiger partial charge in [-0.25, -0.2) is 9.37 Å². The van der Waals surface area contributed by atoms with Crippen molar-refractivity contribution in [3.63, 3.8) is 0 Å². The van der Waals surface area contributed by atoms with E-state index >= 15 is 0 Å². The average molecular weight is 449 g/mol. The monoisotopic (exact) mass is 448 g/mol. The first-order valence-corrected chi connectivity index (χ1v) is 12.1. The molecule has 0 radical (unpaired) electrons. The number of rotatable bonds is 6. The standard InChI is InChI=1S/C26H29FN4O2/c27-18-4-2-17(3-5-18)26(11-12-26)25(33)30-20-13-21-8-9-22(14-20)31(21)23-10-1-16(15-28-23)24(32)29-19-6-7-19/h1-5,10,15,19-22H,6-9,11-14H2,(H,29,32)(H,30,33). The zero-order valence-corrected chi connectivity index (χ0v) is 18.6. The number of piperidine rings is 1. The predicted octanol–water partition coefficient (Wildman–Crippen LogP) is 3.46. The molecule has 2 aromatic rings. The molecule has 3 heterocycles. The molecule has 1 aromatic carbocycles. The van der Waals surface area contributed by atoms with Crippen molar-refractivity contribution < 1.29 is 14.0 Å². The van der Waals surface area contributed by atoms with Crippen LogP contribution in [0.1, 0.15) is 67.3 Å². The molecule has 2 amide bonds. The quantitative estimate of drug-likeness (QED) is 0.710. The van der Waals surface area contributed by atoms with Crippen molar-refractivity contribution in [3.05, 3.63) is 59.5 Å². The molecule has 2 N–H and O–H groups in total. The van der Waals surface area contributed by atoms with Crippen molar-refractivity contribution in [2.75, 3.05) is 4.90 Å². The molecule has 2 atom stereocenters. The number of nitrogens with zero attached hydrogens (tertiary/aromatic N) is 2. The molecule has 7 heteroatoms. The summed E-state index contributed by atoms with van der Waals surface area (Å²) in [6, 6.07) is 11.4. The topological polar surface area (TPSA) is 74.3 Å². The van der Waals surface area contributed by atoms with Gasteiger partial charge in [0.25, 0.3) is 5.91 Å². The Labute approximate surface area is 193 Å². The molecule has 33 heavy (non-hydrogen) atoms. The molecular formula is C26H29FN4O2. The first-order chi connectivity index (χ1) is 16.0. The largest absolute Gasteiger partial charge is 0.352 e. The zero-order valence-electron chi connectivity index (χ0n) is 18.6. The summed E-state index contributed by atoms with van der Waals surface area (Å²) < 4.78 is 13.3. The van der Waals surface area contributed by atoms with Crippen LogP contribution in [0.2, 0.25) is 0 Å². The summed E-state index contributed by atoms with van der Waals surface area (Å²) >= 11 is 0. The van der Waals surface area contributed by atoms with Gasteiger partial charge in [-0.15, -0.1) is 0 Å². The number of anilines is 1. The minimum absolute atomic E-state index is 0.0453. The lowest BCUT2D eigenvalue weighted by Crippen LogP contribution is -2.52. The summed E-state index contributed by atoms with van der Waals surface area (Å²) in [7, 11) is 0. The van der Waals surface area contributed by atoms with Gasteiger partial charge in [-0.05, 0) is 81.2 Å². The van der Waals surface area contributed by atoms with Crippen LogP contribution in [-0.4, -0.2) is 41.0 Å².